The van der Waals surface area contributed by atoms with Crippen LogP contribution in [0.5, 0.6) is 0 Å². The van der Waals surface area contributed by atoms with Gasteiger partial charge in [0, 0.05) is 30.2 Å². The second-order valence-electron chi connectivity index (χ2n) is 7.55. The highest BCUT2D eigenvalue weighted by atomic mass is 16.2. The van der Waals surface area contributed by atoms with E-state index in [1.54, 1.807) is 35.6 Å². The van der Waals surface area contributed by atoms with Crippen LogP contribution in [-0.4, -0.2) is 32.0 Å². The molecule has 4 rings (SSSR count). The van der Waals surface area contributed by atoms with Crippen molar-refractivity contribution in [2.75, 3.05) is 16.0 Å². The van der Waals surface area contributed by atoms with Crippen LogP contribution in [0.3, 0.4) is 0 Å². The molecule has 8 heteroatoms. The van der Waals surface area contributed by atoms with E-state index in [9.17, 15) is 4.79 Å². The number of aryl methyl sites for hydroxylation is 1. The number of aromatic nitrogens is 4. The maximum Gasteiger partial charge on any atom is 0.328 e. The normalized spacial score (nSPS) is 14.3. The number of nitrogens with two attached hydrogens (primary N) is 1. The molecule has 154 valence electrons. The van der Waals surface area contributed by atoms with Crippen LogP contribution < -0.4 is 16.0 Å². The number of hydrogen-bond acceptors (Lipinski definition) is 6. The Morgan fingerprint density at radius 2 is 1.97 bits per heavy atom. The third-order valence-corrected chi connectivity index (χ3v) is 5.28. The van der Waals surface area contributed by atoms with Crippen molar-refractivity contribution in [3.63, 3.8) is 0 Å². The first-order chi connectivity index (χ1) is 14.6. The van der Waals surface area contributed by atoms with E-state index in [1.165, 1.54) is 12.7 Å². The van der Waals surface area contributed by atoms with Crippen molar-refractivity contribution in [3.8, 4) is 11.3 Å². The molecule has 8 nitrogen and oxygen atoms in total. The third-order valence-electron chi connectivity index (χ3n) is 5.28. The van der Waals surface area contributed by atoms with Gasteiger partial charge in [0.25, 0.3) is 0 Å². The van der Waals surface area contributed by atoms with E-state index >= 15 is 0 Å². The molecular formula is C22H25N7O. The van der Waals surface area contributed by atoms with Crippen molar-refractivity contribution < 1.29 is 4.79 Å². The van der Waals surface area contributed by atoms with Gasteiger partial charge in [0.1, 0.15) is 12.1 Å². The lowest BCUT2D eigenvalue weighted by Gasteiger charge is -2.34. The molecule has 1 fully saturated rings. The summed E-state index contributed by atoms with van der Waals surface area (Å²) >= 11 is 0. The average molecular weight is 403 g/mol. The Labute approximate surface area is 175 Å². The molecule has 0 radical (unpaired) electrons. The van der Waals surface area contributed by atoms with Crippen molar-refractivity contribution >= 4 is 23.4 Å². The standard InChI is InChI=1S/C22H25N7O/c1-15-11-16(13-25-12-15)19-8-7-18(23)21(27-19)29(17-5-3-2-4-6-17)22(30)28-20-9-10-24-14-26-20/h7-14,17H,2-6,23H2,1H3,(H,24,26,28,30). The summed E-state index contributed by atoms with van der Waals surface area (Å²) in [5.41, 5.74) is 9.42. The first kappa shape index (κ1) is 19.8. The van der Waals surface area contributed by atoms with Crippen LogP contribution in [0.4, 0.5) is 22.1 Å². The number of nitrogens with zero attached hydrogens (tertiary/aromatic N) is 5. The lowest BCUT2D eigenvalue weighted by atomic mass is 9.94. The van der Waals surface area contributed by atoms with Gasteiger partial charge in [-0.05, 0) is 49.6 Å². The van der Waals surface area contributed by atoms with E-state index in [1.807, 2.05) is 19.1 Å². The van der Waals surface area contributed by atoms with Gasteiger partial charge in [-0.1, -0.05) is 19.3 Å². The fourth-order valence-electron chi connectivity index (χ4n) is 3.82. The zero-order valence-corrected chi connectivity index (χ0v) is 17.0. The molecule has 0 bridgehead atoms. The minimum absolute atomic E-state index is 0.0290. The molecule has 1 aliphatic rings. The smallest absolute Gasteiger partial charge is 0.328 e. The summed E-state index contributed by atoms with van der Waals surface area (Å²) in [7, 11) is 0. The Bertz CT molecular complexity index is 1020. The number of nitrogen functional groups attached to an aromatic ring is 1. The fourth-order valence-corrected chi connectivity index (χ4v) is 3.82. The molecule has 0 saturated heterocycles. The summed E-state index contributed by atoms with van der Waals surface area (Å²) in [5, 5.41) is 2.86. The van der Waals surface area contributed by atoms with Gasteiger partial charge in [-0.15, -0.1) is 0 Å². The van der Waals surface area contributed by atoms with Crippen LogP contribution in [0.15, 0.2) is 49.2 Å². The predicted octanol–water partition coefficient (Wildman–Crippen LogP) is 4.20. The van der Waals surface area contributed by atoms with Gasteiger partial charge >= 0.3 is 6.03 Å². The first-order valence-corrected chi connectivity index (χ1v) is 10.2. The van der Waals surface area contributed by atoms with Gasteiger partial charge in [-0.25, -0.2) is 19.7 Å². The number of amides is 2. The molecule has 3 N–H and O–H groups in total. The third kappa shape index (κ3) is 4.37. The molecule has 0 atom stereocenters. The lowest BCUT2D eigenvalue weighted by Crippen LogP contribution is -2.45. The van der Waals surface area contributed by atoms with Crippen molar-refractivity contribution in [3.05, 3.63) is 54.7 Å². The van der Waals surface area contributed by atoms with Crippen LogP contribution in [0.2, 0.25) is 0 Å². The van der Waals surface area contributed by atoms with Gasteiger partial charge in [-0.3, -0.25) is 15.2 Å². The van der Waals surface area contributed by atoms with Crippen LogP contribution in [0.1, 0.15) is 37.7 Å². The molecule has 0 aromatic carbocycles. The average Bonchev–Trinajstić information content (AvgIpc) is 2.77. The molecule has 3 heterocycles. The minimum Gasteiger partial charge on any atom is -0.396 e. The van der Waals surface area contributed by atoms with Crippen LogP contribution in [0, 0.1) is 6.92 Å². The SMILES string of the molecule is Cc1cncc(-c2ccc(N)c(N(C(=O)Nc3ccncn3)C3CCCCC3)n2)c1. The highest BCUT2D eigenvalue weighted by Gasteiger charge is 2.30. The highest BCUT2D eigenvalue weighted by molar-refractivity contribution is 6.03. The quantitative estimate of drug-likeness (QED) is 0.676. The summed E-state index contributed by atoms with van der Waals surface area (Å²) < 4.78 is 0. The number of hydrogen-bond donors (Lipinski definition) is 2. The Balaban J connectivity index is 1.72. The van der Waals surface area contributed by atoms with Crippen molar-refractivity contribution in [2.45, 2.75) is 45.1 Å². The van der Waals surface area contributed by atoms with E-state index in [2.05, 4.69) is 20.3 Å². The number of nitrogens with one attached hydrogen (secondary N) is 1. The van der Waals surface area contributed by atoms with Gasteiger partial charge in [0.05, 0.1) is 11.4 Å². The van der Waals surface area contributed by atoms with Crippen LogP contribution >= 0.6 is 0 Å². The molecule has 0 unspecified atom stereocenters. The fraction of sp³-hybridized carbons (Fsp3) is 0.318. The van der Waals surface area contributed by atoms with Gasteiger partial charge < -0.3 is 5.73 Å². The summed E-state index contributed by atoms with van der Waals surface area (Å²) in [4.78, 5) is 32.1. The molecule has 1 aliphatic carbocycles. The Hall–Kier alpha value is -3.55. The van der Waals surface area contributed by atoms with Gasteiger partial charge in [0.15, 0.2) is 5.82 Å². The Kier molecular flexibility index (Phi) is 5.83. The number of urea groups is 1. The van der Waals surface area contributed by atoms with Gasteiger partial charge in [0.2, 0.25) is 0 Å². The molecular weight excluding hydrogens is 378 g/mol. The summed E-state index contributed by atoms with van der Waals surface area (Å²) in [5.74, 6) is 0.904. The van der Waals surface area contributed by atoms with Crippen molar-refractivity contribution in [2.24, 2.45) is 0 Å². The topological polar surface area (TPSA) is 110 Å². The molecule has 2 amide bonds. The zero-order chi connectivity index (χ0) is 20.9. The number of rotatable bonds is 4. The highest BCUT2D eigenvalue weighted by Crippen LogP contribution is 2.32. The number of pyridine rings is 2. The maximum absolute atomic E-state index is 13.3. The summed E-state index contributed by atoms with van der Waals surface area (Å²) in [6.07, 6.45) is 11.7. The molecule has 3 aromatic rings. The monoisotopic (exact) mass is 403 g/mol. The minimum atomic E-state index is -0.292. The second kappa shape index (κ2) is 8.86. The second-order valence-corrected chi connectivity index (χ2v) is 7.55. The van der Waals surface area contributed by atoms with E-state index in [4.69, 9.17) is 10.7 Å². The van der Waals surface area contributed by atoms with E-state index in [0.29, 0.717) is 17.3 Å². The predicted molar refractivity (Wildman–Crippen MR) is 117 cm³/mol. The van der Waals surface area contributed by atoms with Crippen molar-refractivity contribution in [1.82, 2.24) is 19.9 Å². The van der Waals surface area contributed by atoms with E-state index < -0.39 is 0 Å². The maximum atomic E-state index is 13.3. The number of anilines is 3. The largest absolute Gasteiger partial charge is 0.396 e. The Morgan fingerprint density at radius 3 is 2.70 bits per heavy atom. The number of carbonyl (C=O) groups is 1. The molecule has 30 heavy (non-hydrogen) atoms. The zero-order valence-electron chi connectivity index (χ0n) is 17.0. The molecule has 1 saturated carbocycles. The van der Waals surface area contributed by atoms with Crippen LogP contribution in [0.25, 0.3) is 11.3 Å². The molecule has 0 spiro atoms. The number of carbonyl (C=O) groups excluding carboxylic acids is 1. The van der Waals surface area contributed by atoms with E-state index in [-0.39, 0.29) is 12.1 Å². The molecule has 0 aliphatic heterocycles. The first-order valence-electron chi connectivity index (χ1n) is 10.2. The summed E-state index contributed by atoms with van der Waals surface area (Å²) in [6.45, 7) is 1.98. The summed E-state index contributed by atoms with van der Waals surface area (Å²) in [6, 6.07) is 7.06. The van der Waals surface area contributed by atoms with E-state index in [0.717, 1.165) is 42.5 Å². The molecule has 3 aromatic heterocycles. The lowest BCUT2D eigenvalue weighted by molar-refractivity contribution is 0.252. The Morgan fingerprint density at radius 1 is 1.13 bits per heavy atom. The van der Waals surface area contributed by atoms with Crippen molar-refractivity contribution in [1.29, 1.82) is 0 Å². The van der Waals surface area contributed by atoms with Gasteiger partial charge in [-0.2, -0.15) is 0 Å². The van der Waals surface area contributed by atoms with Crippen LogP contribution in [-0.2, 0) is 0 Å².